The molecule has 0 aliphatic heterocycles. The largest absolute Gasteiger partial charge is 0.476 e. The van der Waals surface area contributed by atoms with Gasteiger partial charge in [-0.2, -0.15) is 0 Å². The van der Waals surface area contributed by atoms with Crippen molar-refractivity contribution < 1.29 is 9.90 Å². The lowest BCUT2D eigenvalue weighted by Crippen LogP contribution is -2.09. The predicted molar refractivity (Wildman–Crippen MR) is 76.1 cm³/mol. The molecule has 2 rings (SSSR count). The van der Waals surface area contributed by atoms with Gasteiger partial charge in [0.2, 0.25) is 0 Å². The van der Waals surface area contributed by atoms with Crippen LogP contribution in [-0.2, 0) is 13.0 Å². The summed E-state index contributed by atoms with van der Waals surface area (Å²) < 4.78 is 1.64. The van der Waals surface area contributed by atoms with Crippen molar-refractivity contribution in [2.75, 3.05) is 0 Å². The van der Waals surface area contributed by atoms with Gasteiger partial charge >= 0.3 is 5.97 Å². The molecule has 0 spiro atoms. The van der Waals surface area contributed by atoms with Crippen molar-refractivity contribution in [1.82, 2.24) is 15.0 Å². The van der Waals surface area contributed by atoms with Crippen molar-refractivity contribution in [3.05, 3.63) is 46.2 Å². The first-order chi connectivity index (χ1) is 9.61. The van der Waals surface area contributed by atoms with Crippen LogP contribution in [0, 0.1) is 0 Å². The van der Waals surface area contributed by atoms with Gasteiger partial charge in [0, 0.05) is 5.02 Å². The molecule has 1 aromatic heterocycles. The summed E-state index contributed by atoms with van der Waals surface area (Å²) in [6.45, 7) is 2.53. The molecule has 2 aromatic rings. The lowest BCUT2D eigenvalue weighted by atomic mass is 10.1. The van der Waals surface area contributed by atoms with Crippen LogP contribution in [0.4, 0.5) is 0 Å². The molecule has 0 radical (unpaired) electrons. The third kappa shape index (κ3) is 3.36. The molecule has 0 bridgehead atoms. The van der Waals surface area contributed by atoms with Crippen LogP contribution in [0.2, 0.25) is 5.02 Å². The van der Waals surface area contributed by atoms with Gasteiger partial charge in [0.25, 0.3) is 0 Å². The number of halogens is 1. The van der Waals surface area contributed by atoms with Gasteiger partial charge in [0.05, 0.1) is 12.2 Å². The Bertz CT molecular complexity index is 610. The fourth-order valence-corrected chi connectivity index (χ4v) is 2.24. The van der Waals surface area contributed by atoms with E-state index in [1.165, 1.54) is 0 Å². The maximum Gasteiger partial charge on any atom is 0.358 e. The van der Waals surface area contributed by atoms with Gasteiger partial charge in [0.1, 0.15) is 0 Å². The van der Waals surface area contributed by atoms with Gasteiger partial charge in [-0.1, -0.05) is 42.3 Å². The molecule has 0 saturated heterocycles. The van der Waals surface area contributed by atoms with Crippen LogP contribution in [0.3, 0.4) is 0 Å². The van der Waals surface area contributed by atoms with E-state index in [1.807, 2.05) is 18.2 Å². The zero-order valence-electron chi connectivity index (χ0n) is 11.2. The van der Waals surface area contributed by atoms with E-state index >= 15 is 0 Å². The number of aromatic carboxylic acids is 1. The number of carboxylic acids is 1. The maximum atomic E-state index is 11.2. The predicted octanol–water partition coefficient (Wildman–Crippen LogP) is 3.02. The summed E-state index contributed by atoms with van der Waals surface area (Å²) in [4.78, 5) is 11.2. The fourth-order valence-electron chi connectivity index (χ4n) is 2.03. The molecule has 1 N–H and O–H groups in total. The molecule has 1 aromatic carbocycles. The molecular weight excluding hydrogens is 278 g/mol. The molecule has 20 heavy (non-hydrogen) atoms. The third-order valence-corrected chi connectivity index (χ3v) is 3.26. The van der Waals surface area contributed by atoms with Gasteiger partial charge in [-0.3, -0.25) is 0 Å². The second kappa shape index (κ2) is 6.52. The van der Waals surface area contributed by atoms with Crippen molar-refractivity contribution >= 4 is 17.6 Å². The van der Waals surface area contributed by atoms with Gasteiger partial charge in [-0.25, -0.2) is 9.48 Å². The average molecular weight is 294 g/mol. The molecule has 0 aliphatic rings. The molecule has 0 saturated carbocycles. The summed E-state index contributed by atoms with van der Waals surface area (Å²) in [5, 5.41) is 17.5. The summed E-state index contributed by atoms with van der Waals surface area (Å²) in [6.07, 6.45) is 2.55. The zero-order chi connectivity index (χ0) is 14.5. The normalized spacial score (nSPS) is 10.7. The van der Waals surface area contributed by atoms with Crippen molar-refractivity contribution in [2.24, 2.45) is 0 Å². The summed E-state index contributed by atoms with van der Waals surface area (Å²) >= 11 is 5.95. The van der Waals surface area contributed by atoms with Crippen LogP contribution in [0.5, 0.6) is 0 Å². The first-order valence-electron chi connectivity index (χ1n) is 6.52. The van der Waals surface area contributed by atoms with E-state index in [0.717, 1.165) is 18.4 Å². The number of carbonyl (C=O) groups is 1. The lowest BCUT2D eigenvalue weighted by molar-refractivity contribution is 0.0689. The Balaban J connectivity index is 2.28. The smallest absolute Gasteiger partial charge is 0.358 e. The van der Waals surface area contributed by atoms with E-state index in [0.29, 0.717) is 23.7 Å². The van der Waals surface area contributed by atoms with Crippen molar-refractivity contribution in [3.8, 4) is 0 Å². The Morgan fingerprint density at radius 3 is 2.90 bits per heavy atom. The average Bonchev–Trinajstić information content (AvgIpc) is 2.79. The van der Waals surface area contributed by atoms with Gasteiger partial charge < -0.3 is 5.11 Å². The molecule has 0 unspecified atom stereocenters. The van der Waals surface area contributed by atoms with Crippen molar-refractivity contribution in [3.63, 3.8) is 0 Å². The van der Waals surface area contributed by atoms with Crippen LogP contribution in [0.25, 0.3) is 0 Å². The number of carboxylic acid groups (broad SMARTS) is 1. The zero-order valence-corrected chi connectivity index (χ0v) is 12.0. The van der Waals surface area contributed by atoms with Crippen LogP contribution in [0.1, 0.15) is 41.5 Å². The second-order valence-electron chi connectivity index (χ2n) is 4.58. The quantitative estimate of drug-likeness (QED) is 0.889. The molecule has 0 atom stereocenters. The number of nitrogens with zero attached hydrogens (tertiary/aromatic N) is 3. The Hall–Kier alpha value is -1.88. The molecule has 6 heteroatoms. The summed E-state index contributed by atoms with van der Waals surface area (Å²) in [5.41, 5.74) is 1.68. The van der Waals surface area contributed by atoms with Gasteiger partial charge in [-0.05, 0) is 30.5 Å². The minimum Gasteiger partial charge on any atom is -0.476 e. The maximum absolute atomic E-state index is 11.2. The van der Waals surface area contributed by atoms with E-state index < -0.39 is 5.97 Å². The van der Waals surface area contributed by atoms with Crippen LogP contribution < -0.4 is 0 Å². The van der Waals surface area contributed by atoms with Crippen LogP contribution in [0.15, 0.2) is 24.3 Å². The topological polar surface area (TPSA) is 68.0 Å². The Morgan fingerprint density at radius 1 is 1.45 bits per heavy atom. The van der Waals surface area contributed by atoms with E-state index in [2.05, 4.69) is 17.2 Å². The van der Waals surface area contributed by atoms with E-state index in [-0.39, 0.29) is 5.69 Å². The summed E-state index contributed by atoms with van der Waals surface area (Å²) in [7, 11) is 0. The third-order valence-electron chi connectivity index (χ3n) is 3.03. The molecule has 0 aliphatic carbocycles. The minimum atomic E-state index is -1.03. The van der Waals surface area contributed by atoms with E-state index in [9.17, 15) is 4.79 Å². The molecular formula is C14H16ClN3O2. The number of aromatic nitrogens is 3. The highest BCUT2D eigenvalue weighted by Gasteiger charge is 2.18. The molecule has 1 heterocycles. The highest BCUT2D eigenvalue weighted by Crippen LogP contribution is 2.15. The highest BCUT2D eigenvalue weighted by atomic mass is 35.5. The first-order valence-corrected chi connectivity index (χ1v) is 6.89. The first kappa shape index (κ1) is 14.5. The summed E-state index contributed by atoms with van der Waals surface area (Å²) in [5.74, 6) is -1.03. The van der Waals surface area contributed by atoms with Crippen LogP contribution >= 0.6 is 11.6 Å². The van der Waals surface area contributed by atoms with Crippen molar-refractivity contribution in [1.29, 1.82) is 0 Å². The van der Waals surface area contributed by atoms with Crippen molar-refractivity contribution in [2.45, 2.75) is 32.7 Å². The second-order valence-corrected chi connectivity index (χ2v) is 5.02. The number of hydrogen-bond acceptors (Lipinski definition) is 3. The van der Waals surface area contributed by atoms with E-state index in [1.54, 1.807) is 10.7 Å². The van der Waals surface area contributed by atoms with Gasteiger partial charge in [0.15, 0.2) is 5.69 Å². The SMILES string of the molecule is CCCCc1c(C(=O)O)nnn1Cc1cccc(Cl)c1. The molecule has 0 amide bonds. The number of unbranched alkanes of at least 4 members (excludes halogenated alkanes) is 1. The number of hydrogen-bond donors (Lipinski definition) is 1. The van der Waals surface area contributed by atoms with E-state index in [4.69, 9.17) is 16.7 Å². The standard InChI is InChI=1S/C14H16ClN3O2/c1-2-3-7-12-13(14(19)20)16-17-18(12)9-10-5-4-6-11(15)8-10/h4-6,8H,2-3,7,9H2,1H3,(H,19,20). The number of rotatable bonds is 6. The highest BCUT2D eigenvalue weighted by molar-refractivity contribution is 6.30. The Labute approximate surface area is 122 Å². The molecule has 0 fully saturated rings. The molecule has 5 nitrogen and oxygen atoms in total. The monoisotopic (exact) mass is 293 g/mol. The fraction of sp³-hybridized carbons (Fsp3) is 0.357. The molecule has 106 valence electrons. The summed E-state index contributed by atoms with van der Waals surface area (Å²) in [6, 6.07) is 7.43. The Kier molecular flexibility index (Phi) is 4.74. The Morgan fingerprint density at radius 2 is 2.25 bits per heavy atom. The lowest BCUT2D eigenvalue weighted by Gasteiger charge is -2.07. The minimum absolute atomic E-state index is 0.0421. The van der Waals surface area contributed by atoms with Gasteiger partial charge in [-0.15, -0.1) is 5.10 Å². The van der Waals surface area contributed by atoms with Crippen LogP contribution in [-0.4, -0.2) is 26.1 Å². The number of benzene rings is 1.